The Labute approximate surface area is 65.6 Å². The second kappa shape index (κ2) is 5.24. The number of esters is 1. The van der Waals surface area contributed by atoms with Crippen LogP contribution in [0.3, 0.4) is 0 Å². The number of allylic oxidation sites excluding steroid dienone is 1. The lowest BCUT2D eigenvalue weighted by atomic mass is 10.2. The third kappa shape index (κ3) is 3.93. The van der Waals surface area contributed by atoms with Crippen LogP contribution in [0, 0.1) is 11.5 Å². The van der Waals surface area contributed by atoms with Crippen molar-refractivity contribution in [2.24, 2.45) is 0 Å². The van der Waals surface area contributed by atoms with E-state index in [0.717, 1.165) is 0 Å². The summed E-state index contributed by atoms with van der Waals surface area (Å²) in [5, 5.41) is 7.96. The summed E-state index contributed by atoms with van der Waals surface area (Å²) in [4.78, 5) is 10.7. The molecule has 0 radical (unpaired) electrons. The highest BCUT2D eigenvalue weighted by Gasteiger charge is 2.06. The van der Waals surface area contributed by atoms with E-state index >= 15 is 0 Å². The highest BCUT2D eigenvalue weighted by molar-refractivity contribution is 5.88. The van der Waals surface area contributed by atoms with Crippen molar-refractivity contribution in [3.05, 3.63) is 24.8 Å². The number of ether oxygens (including phenoxy) is 1. The van der Waals surface area contributed by atoms with E-state index in [2.05, 4.69) is 17.9 Å². The zero-order valence-electron chi connectivity index (χ0n) is 6.17. The number of nitriles is 1. The first-order valence-corrected chi connectivity index (χ1v) is 3.11. The molecule has 0 fully saturated rings. The van der Waals surface area contributed by atoms with E-state index in [1.165, 1.54) is 6.26 Å². The molecule has 58 valence electrons. The van der Waals surface area contributed by atoms with Gasteiger partial charge in [-0.15, -0.1) is 11.8 Å². The minimum Gasteiger partial charge on any atom is -0.347 e. The van der Waals surface area contributed by atoms with E-state index in [1.54, 1.807) is 6.08 Å². The number of nitrogens with zero attached hydrogens (tertiary/aromatic N) is 1. The molecule has 3 heteroatoms. The largest absolute Gasteiger partial charge is 0.348 e. The molecule has 0 aliphatic carbocycles. The summed E-state index contributed by atoms with van der Waals surface area (Å²) >= 11 is 0. The van der Waals surface area contributed by atoms with Gasteiger partial charge < -0.3 is 4.74 Å². The number of rotatable bonds is 4. The summed E-state index contributed by atoms with van der Waals surface area (Å²) in [6.07, 6.45) is 4.12. The van der Waals surface area contributed by atoms with Crippen molar-refractivity contribution in [1.82, 2.24) is 0 Å². The molecule has 0 saturated heterocycles. The standard InChI is InChI=1S/C8H9NO2/c1-3-4-5-7(2)8(10)11-6-9/h3H,1-2,4-5H2. The highest BCUT2D eigenvalue weighted by atomic mass is 16.5. The van der Waals surface area contributed by atoms with Gasteiger partial charge in [0.15, 0.2) is 0 Å². The van der Waals surface area contributed by atoms with Crippen molar-refractivity contribution in [2.75, 3.05) is 0 Å². The normalized spacial score (nSPS) is 7.91. The van der Waals surface area contributed by atoms with E-state index in [0.29, 0.717) is 18.4 Å². The Hall–Kier alpha value is -1.56. The van der Waals surface area contributed by atoms with Crippen LogP contribution in [-0.2, 0) is 9.53 Å². The predicted molar refractivity (Wildman–Crippen MR) is 40.3 cm³/mol. The highest BCUT2D eigenvalue weighted by Crippen LogP contribution is 2.03. The van der Waals surface area contributed by atoms with Gasteiger partial charge in [0.2, 0.25) is 0 Å². The van der Waals surface area contributed by atoms with Crippen LogP contribution in [0.4, 0.5) is 0 Å². The predicted octanol–water partition coefficient (Wildman–Crippen LogP) is 1.53. The van der Waals surface area contributed by atoms with Crippen LogP contribution in [0.25, 0.3) is 0 Å². The Morgan fingerprint density at radius 1 is 1.73 bits per heavy atom. The van der Waals surface area contributed by atoms with Gasteiger partial charge in [0.05, 0.1) is 0 Å². The van der Waals surface area contributed by atoms with Crippen LogP contribution < -0.4 is 0 Å². The molecule has 0 N–H and O–H groups in total. The van der Waals surface area contributed by atoms with Crippen molar-refractivity contribution >= 4 is 5.97 Å². The number of carbonyl (C=O) groups excluding carboxylic acids is 1. The van der Waals surface area contributed by atoms with Gasteiger partial charge in [-0.05, 0) is 12.8 Å². The van der Waals surface area contributed by atoms with E-state index in [4.69, 9.17) is 5.26 Å². The zero-order valence-corrected chi connectivity index (χ0v) is 6.17. The molecule has 11 heavy (non-hydrogen) atoms. The van der Waals surface area contributed by atoms with Gasteiger partial charge in [-0.1, -0.05) is 12.7 Å². The molecule has 0 aromatic rings. The molecule has 0 heterocycles. The van der Waals surface area contributed by atoms with Gasteiger partial charge >= 0.3 is 5.97 Å². The second-order valence-electron chi connectivity index (χ2n) is 1.91. The molecule has 0 spiro atoms. The van der Waals surface area contributed by atoms with Gasteiger partial charge in [-0.25, -0.2) is 4.79 Å². The van der Waals surface area contributed by atoms with Crippen molar-refractivity contribution in [3.8, 4) is 6.26 Å². The maximum atomic E-state index is 10.7. The summed E-state index contributed by atoms with van der Waals surface area (Å²) in [5.74, 6) is -0.658. The Bertz CT molecular complexity index is 213. The molecule has 0 amide bonds. The lowest BCUT2D eigenvalue weighted by molar-refractivity contribution is -0.132. The van der Waals surface area contributed by atoms with Crippen molar-refractivity contribution < 1.29 is 9.53 Å². The molecule has 3 nitrogen and oxygen atoms in total. The Kier molecular flexibility index (Phi) is 4.50. The minimum absolute atomic E-state index is 0.298. The molecule has 0 aromatic heterocycles. The zero-order chi connectivity index (χ0) is 8.69. The lowest BCUT2D eigenvalue weighted by Crippen LogP contribution is -2.02. The van der Waals surface area contributed by atoms with Crippen molar-refractivity contribution in [3.63, 3.8) is 0 Å². The number of hydrogen-bond donors (Lipinski definition) is 0. The molecule has 0 aromatic carbocycles. The first-order valence-electron chi connectivity index (χ1n) is 3.11. The fourth-order valence-corrected chi connectivity index (χ4v) is 0.492. The molecular formula is C8H9NO2. The molecule has 0 saturated carbocycles. The van der Waals surface area contributed by atoms with Gasteiger partial charge in [-0.3, -0.25) is 0 Å². The van der Waals surface area contributed by atoms with Gasteiger partial charge in [-0.2, -0.15) is 0 Å². The third-order valence-electron chi connectivity index (χ3n) is 1.08. The molecule has 0 rings (SSSR count). The molecule has 0 unspecified atom stereocenters. The van der Waals surface area contributed by atoms with Crippen LogP contribution in [0.15, 0.2) is 24.8 Å². The average Bonchev–Trinajstić information content (AvgIpc) is 2.00. The van der Waals surface area contributed by atoms with Crippen molar-refractivity contribution in [1.29, 1.82) is 5.26 Å². The van der Waals surface area contributed by atoms with Crippen molar-refractivity contribution in [2.45, 2.75) is 12.8 Å². The quantitative estimate of drug-likeness (QED) is 0.265. The number of carbonyl (C=O) groups is 1. The minimum atomic E-state index is -0.658. The Balaban J connectivity index is 3.75. The Morgan fingerprint density at radius 3 is 2.82 bits per heavy atom. The SMILES string of the molecule is C=CCCC(=C)C(=O)OC#N. The summed E-state index contributed by atoms with van der Waals surface area (Å²) in [5.41, 5.74) is 0.298. The monoisotopic (exact) mass is 151 g/mol. The third-order valence-corrected chi connectivity index (χ3v) is 1.08. The van der Waals surface area contributed by atoms with Gasteiger partial charge in [0.25, 0.3) is 6.26 Å². The fraction of sp³-hybridized carbons (Fsp3) is 0.250. The Morgan fingerprint density at radius 2 is 2.36 bits per heavy atom. The lowest BCUT2D eigenvalue weighted by Gasteiger charge is -1.96. The summed E-state index contributed by atoms with van der Waals surface area (Å²) in [6.45, 7) is 6.92. The fourth-order valence-electron chi connectivity index (χ4n) is 0.492. The molecule has 0 bridgehead atoms. The summed E-state index contributed by atoms with van der Waals surface area (Å²) < 4.78 is 4.03. The first kappa shape index (κ1) is 9.44. The van der Waals surface area contributed by atoms with E-state index in [1.807, 2.05) is 0 Å². The van der Waals surface area contributed by atoms with E-state index in [-0.39, 0.29) is 0 Å². The average molecular weight is 151 g/mol. The van der Waals surface area contributed by atoms with Crippen LogP contribution >= 0.6 is 0 Å². The van der Waals surface area contributed by atoms with E-state index in [9.17, 15) is 4.79 Å². The molecular weight excluding hydrogens is 142 g/mol. The topological polar surface area (TPSA) is 50.1 Å². The second-order valence-corrected chi connectivity index (χ2v) is 1.91. The molecule has 0 atom stereocenters. The summed E-state index contributed by atoms with van der Waals surface area (Å²) in [7, 11) is 0. The molecule has 0 aliphatic rings. The van der Waals surface area contributed by atoms with Gasteiger partial charge in [0, 0.05) is 5.57 Å². The maximum absolute atomic E-state index is 10.7. The van der Waals surface area contributed by atoms with Crippen LogP contribution in [0.5, 0.6) is 0 Å². The smallest absolute Gasteiger partial charge is 0.347 e. The van der Waals surface area contributed by atoms with Crippen LogP contribution in [0.2, 0.25) is 0 Å². The summed E-state index contributed by atoms with van der Waals surface area (Å²) in [6, 6.07) is 0. The van der Waals surface area contributed by atoms with Gasteiger partial charge in [0.1, 0.15) is 0 Å². The number of hydrogen-bond acceptors (Lipinski definition) is 3. The van der Waals surface area contributed by atoms with E-state index < -0.39 is 5.97 Å². The first-order chi connectivity index (χ1) is 5.22. The van der Waals surface area contributed by atoms with Crippen LogP contribution in [0.1, 0.15) is 12.8 Å². The molecule has 0 aliphatic heterocycles. The maximum Gasteiger partial charge on any atom is 0.348 e. The van der Waals surface area contributed by atoms with Crippen LogP contribution in [-0.4, -0.2) is 5.97 Å².